The predicted molar refractivity (Wildman–Crippen MR) is 76.2 cm³/mol. The molecule has 0 saturated carbocycles. The lowest BCUT2D eigenvalue weighted by Crippen LogP contribution is -2.27. The maximum Gasteiger partial charge on any atom is 0.266 e. The number of aryl methyl sites for hydroxylation is 2. The summed E-state index contributed by atoms with van der Waals surface area (Å²) in [4.78, 5) is 18.6. The molecule has 0 bridgehead atoms. The summed E-state index contributed by atoms with van der Waals surface area (Å²) in [5, 5.41) is 0. The molecule has 0 aromatic carbocycles. The molecule has 0 unspecified atom stereocenters. The minimum absolute atomic E-state index is 0.0968. The fourth-order valence-electron chi connectivity index (χ4n) is 2.18. The van der Waals surface area contributed by atoms with Gasteiger partial charge >= 0.3 is 0 Å². The lowest BCUT2D eigenvalue weighted by atomic mass is 10.3. The molecule has 4 nitrogen and oxygen atoms in total. The predicted octanol–water partition coefficient (Wildman–Crippen LogP) is 1.64. The van der Waals surface area contributed by atoms with E-state index >= 15 is 0 Å². The Kier molecular flexibility index (Phi) is 4.55. The van der Waals surface area contributed by atoms with E-state index in [4.69, 9.17) is 0 Å². The number of hydrogen-bond donors (Lipinski definition) is 0. The summed E-state index contributed by atoms with van der Waals surface area (Å²) in [6, 6.07) is 0. The van der Waals surface area contributed by atoms with Crippen LogP contribution in [0, 0.1) is 10.5 Å². The van der Waals surface area contributed by atoms with Gasteiger partial charge in [-0.1, -0.05) is 0 Å². The van der Waals surface area contributed by atoms with Gasteiger partial charge in [-0.2, -0.15) is 0 Å². The number of aromatic nitrogens is 2. The number of halogens is 1. The van der Waals surface area contributed by atoms with E-state index in [1.165, 1.54) is 25.9 Å². The van der Waals surface area contributed by atoms with Crippen molar-refractivity contribution in [2.45, 2.75) is 32.7 Å². The van der Waals surface area contributed by atoms with E-state index in [0.717, 1.165) is 28.8 Å². The zero-order valence-corrected chi connectivity index (χ0v) is 12.3. The van der Waals surface area contributed by atoms with E-state index < -0.39 is 0 Å². The molecule has 1 aliphatic rings. The van der Waals surface area contributed by atoms with E-state index in [-0.39, 0.29) is 5.56 Å². The standard InChI is InChI=1S/C12H18IN3O/c1-10-11(13)12(17)16(9-14-10)8-4-7-15-5-2-3-6-15/h9H,2-8H2,1H3. The van der Waals surface area contributed by atoms with E-state index in [2.05, 4.69) is 32.5 Å². The van der Waals surface area contributed by atoms with Crippen LogP contribution in [0.5, 0.6) is 0 Å². The summed E-state index contributed by atoms with van der Waals surface area (Å²) in [5.74, 6) is 0. The van der Waals surface area contributed by atoms with Gasteiger partial charge in [-0.15, -0.1) is 0 Å². The third-order valence-electron chi connectivity index (χ3n) is 3.23. The summed E-state index contributed by atoms with van der Waals surface area (Å²) in [7, 11) is 0. The average molecular weight is 347 g/mol. The van der Waals surface area contributed by atoms with Gasteiger partial charge in [0.25, 0.3) is 5.56 Å². The first-order valence-electron chi connectivity index (χ1n) is 6.12. The van der Waals surface area contributed by atoms with Crippen molar-refractivity contribution in [2.75, 3.05) is 19.6 Å². The van der Waals surface area contributed by atoms with E-state index in [1.807, 2.05) is 6.92 Å². The maximum atomic E-state index is 11.9. The number of likely N-dealkylation sites (tertiary alicyclic amines) is 1. The number of hydrogen-bond acceptors (Lipinski definition) is 3. The molecule has 0 aliphatic carbocycles. The minimum Gasteiger partial charge on any atom is -0.303 e. The van der Waals surface area contributed by atoms with Crippen LogP contribution in [0.2, 0.25) is 0 Å². The lowest BCUT2D eigenvalue weighted by molar-refractivity contribution is 0.324. The first-order chi connectivity index (χ1) is 8.18. The van der Waals surface area contributed by atoms with Crippen molar-refractivity contribution in [1.82, 2.24) is 14.5 Å². The molecule has 0 amide bonds. The molecule has 0 atom stereocenters. The van der Waals surface area contributed by atoms with Crippen LogP contribution in [-0.2, 0) is 6.54 Å². The highest BCUT2D eigenvalue weighted by Gasteiger charge is 2.11. The van der Waals surface area contributed by atoms with E-state index in [1.54, 1.807) is 10.9 Å². The van der Waals surface area contributed by atoms with Gasteiger partial charge in [-0.25, -0.2) is 4.98 Å². The topological polar surface area (TPSA) is 38.1 Å². The lowest BCUT2D eigenvalue weighted by Gasteiger charge is -2.14. The molecule has 1 aromatic heterocycles. The van der Waals surface area contributed by atoms with Gasteiger partial charge < -0.3 is 4.90 Å². The molecule has 1 saturated heterocycles. The Morgan fingerprint density at radius 3 is 2.76 bits per heavy atom. The minimum atomic E-state index is 0.0968. The summed E-state index contributed by atoms with van der Waals surface area (Å²) in [6.07, 6.45) is 5.35. The van der Waals surface area contributed by atoms with Crippen molar-refractivity contribution >= 4 is 22.6 Å². The Morgan fingerprint density at radius 2 is 2.06 bits per heavy atom. The van der Waals surface area contributed by atoms with Gasteiger partial charge in [0, 0.05) is 6.54 Å². The fraction of sp³-hybridized carbons (Fsp3) is 0.667. The molecular weight excluding hydrogens is 329 g/mol. The van der Waals surface area contributed by atoms with Crippen molar-refractivity contribution in [3.63, 3.8) is 0 Å². The van der Waals surface area contributed by atoms with Crippen molar-refractivity contribution in [3.05, 3.63) is 25.9 Å². The molecule has 2 rings (SSSR count). The Hall–Kier alpha value is -0.430. The normalized spacial score (nSPS) is 16.6. The van der Waals surface area contributed by atoms with Crippen LogP contribution in [0.25, 0.3) is 0 Å². The third kappa shape index (κ3) is 3.28. The van der Waals surface area contributed by atoms with E-state index in [9.17, 15) is 4.79 Å². The smallest absolute Gasteiger partial charge is 0.266 e. The average Bonchev–Trinajstić information content (AvgIpc) is 2.82. The highest BCUT2D eigenvalue weighted by Crippen LogP contribution is 2.08. The second-order valence-corrected chi connectivity index (χ2v) is 5.62. The van der Waals surface area contributed by atoms with Gasteiger partial charge in [0.05, 0.1) is 15.6 Å². The molecule has 5 heteroatoms. The molecule has 0 spiro atoms. The van der Waals surface area contributed by atoms with Gasteiger partial charge in [0.15, 0.2) is 0 Å². The molecular formula is C12H18IN3O. The molecule has 17 heavy (non-hydrogen) atoms. The summed E-state index contributed by atoms with van der Waals surface area (Å²) >= 11 is 2.08. The Labute approximate surface area is 115 Å². The number of rotatable bonds is 4. The summed E-state index contributed by atoms with van der Waals surface area (Å²) < 4.78 is 2.47. The summed E-state index contributed by atoms with van der Waals surface area (Å²) in [5.41, 5.74) is 0.922. The summed E-state index contributed by atoms with van der Waals surface area (Å²) in [6.45, 7) is 6.18. The van der Waals surface area contributed by atoms with Crippen LogP contribution in [-0.4, -0.2) is 34.1 Å². The first-order valence-corrected chi connectivity index (χ1v) is 7.20. The molecule has 0 N–H and O–H groups in total. The largest absolute Gasteiger partial charge is 0.303 e. The molecule has 0 radical (unpaired) electrons. The van der Waals surface area contributed by atoms with Crippen LogP contribution in [0.1, 0.15) is 25.0 Å². The highest BCUT2D eigenvalue weighted by atomic mass is 127. The first kappa shape index (κ1) is 13.0. The molecule has 94 valence electrons. The van der Waals surface area contributed by atoms with Crippen molar-refractivity contribution in [3.8, 4) is 0 Å². The Bertz CT molecular complexity index is 438. The van der Waals surface area contributed by atoms with Crippen LogP contribution < -0.4 is 5.56 Å². The van der Waals surface area contributed by atoms with Crippen LogP contribution in [0.3, 0.4) is 0 Å². The molecule has 1 fully saturated rings. The zero-order valence-electron chi connectivity index (χ0n) is 10.2. The molecule has 2 heterocycles. The van der Waals surface area contributed by atoms with Crippen molar-refractivity contribution in [1.29, 1.82) is 0 Å². The van der Waals surface area contributed by atoms with Crippen molar-refractivity contribution in [2.24, 2.45) is 0 Å². The SMILES string of the molecule is Cc1ncn(CCCN2CCCC2)c(=O)c1I. The van der Waals surface area contributed by atoms with Crippen LogP contribution >= 0.6 is 22.6 Å². The molecule has 1 aliphatic heterocycles. The van der Waals surface area contributed by atoms with Crippen LogP contribution in [0.15, 0.2) is 11.1 Å². The Morgan fingerprint density at radius 1 is 1.35 bits per heavy atom. The highest BCUT2D eigenvalue weighted by molar-refractivity contribution is 14.1. The quantitative estimate of drug-likeness (QED) is 0.778. The third-order valence-corrected chi connectivity index (χ3v) is 4.47. The van der Waals surface area contributed by atoms with Gasteiger partial charge in [0.2, 0.25) is 0 Å². The maximum absolute atomic E-state index is 11.9. The second kappa shape index (κ2) is 5.95. The van der Waals surface area contributed by atoms with Crippen molar-refractivity contribution < 1.29 is 0 Å². The van der Waals surface area contributed by atoms with Gasteiger partial charge in [-0.3, -0.25) is 9.36 Å². The zero-order chi connectivity index (χ0) is 12.3. The van der Waals surface area contributed by atoms with E-state index in [0.29, 0.717) is 0 Å². The Balaban J connectivity index is 1.90. The van der Waals surface area contributed by atoms with Gasteiger partial charge in [-0.05, 0) is 68.4 Å². The monoisotopic (exact) mass is 347 g/mol. The van der Waals surface area contributed by atoms with Crippen LogP contribution in [0.4, 0.5) is 0 Å². The number of nitrogens with zero attached hydrogens (tertiary/aromatic N) is 3. The molecule has 1 aromatic rings. The fourth-order valence-corrected chi connectivity index (χ4v) is 2.63. The second-order valence-electron chi connectivity index (χ2n) is 4.54. The van der Waals surface area contributed by atoms with Gasteiger partial charge in [0.1, 0.15) is 0 Å².